The van der Waals surface area contributed by atoms with E-state index in [1.54, 1.807) is 6.07 Å². The molecular formula is C13H19NO. The highest BCUT2D eigenvalue weighted by atomic mass is 16.3. The van der Waals surface area contributed by atoms with Crippen molar-refractivity contribution in [3.63, 3.8) is 0 Å². The van der Waals surface area contributed by atoms with Crippen molar-refractivity contribution < 1.29 is 5.11 Å². The van der Waals surface area contributed by atoms with E-state index in [-0.39, 0.29) is 5.54 Å². The molecule has 0 aromatic heterocycles. The van der Waals surface area contributed by atoms with E-state index in [1.165, 1.54) is 12.0 Å². The van der Waals surface area contributed by atoms with Gasteiger partial charge in [-0.05, 0) is 43.0 Å². The number of hydrogen-bond donors (Lipinski definition) is 2. The molecule has 0 radical (unpaired) electrons. The number of nitrogens with one attached hydrogen (secondary N) is 1. The molecule has 0 aliphatic carbocycles. The van der Waals surface area contributed by atoms with Crippen LogP contribution in [0.2, 0.25) is 0 Å². The lowest BCUT2D eigenvalue weighted by molar-refractivity contribution is 0.169. The summed E-state index contributed by atoms with van der Waals surface area (Å²) in [4.78, 5) is 0. The maximum atomic E-state index is 9.50. The summed E-state index contributed by atoms with van der Waals surface area (Å²) in [7, 11) is 0. The molecule has 2 nitrogen and oxygen atoms in total. The number of phenolic OH excluding ortho intramolecular Hbond substituents is 1. The maximum Gasteiger partial charge on any atom is 0.115 e. The van der Waals surface area contributed by atoms with Gasteiger partial charge in [0, 0.05) is 5.54 Å². The summed E-state index contributed by atoms with van der Waals surface area (Å²) < 4.78 is 0. The topological polar surface area (TPSA) is 32.3 Å². The van der Waals surface area contributed by atoms with Crippen molar-refractivity contribution in [2.75, 3.05) is 6.54 Å². The lowest BCUT2D eigenvalue weighted by Crippen LogP contribution is -2.54. The van der Waals surface area contributed by atoms with Crippen LogP contribution in [0.5, 0.6) is 5.75 Å². The average molecular weight is 205 g/mol. The molecule has 1 aliphatic heterocycles. The van der Waals surface area contributed by atoms with E-state index in [0.29, 0.717) is 11.7 Å². The fourth-order valence-corrected chi connectivity index (χ4v) is 2.47. The molecule has 0 bridgehead atoms. The molecule has 0 amide bonds. The van der Waals surface area contributed by atoms with E-state index in [0.717, 1.165) is 13.0 Å². The van der Waals surface area contributed by atoms with Gasteiger partial charge in [-0.3, -0.25) is 0 Å². The number of aromatic hydroxyl groups is 1. The molecule has 1 saturated heterocycles. The molecule has 2 heteroatoms. The smallest absolute Gasteiger partial charge is 0.115 e. The summed E-state index contributed by atoms with van der Waals surface area (Å²) >= 11 is 0. The Bertz CT molecular complexity index is 342. The Kier molecular flexibility index (Phi) is 2.70. The van der Waals surface area contributed by atoms with Gasteiger partial charge < -0.3 is 10.4 Å². The molecule has 1 aromatic carbocycles. The Morgan fingerprint density at radius 1 is 1.47 bits per heavy atom. The van der Waals surface area contributed by atoms with E-state index in [4.69, 9.17) is 0 Å². The second-order valence-corrected chi connectivity index (χ2v) is 4.91. The number of hydrogen-bond acceptors (Lipinski definition) is 2. The third-order valence-electron chi connectivity index (χ3n) is 3.17. The minimum atomic E-state index is 0.118. The number of benzene rings is 1. The molecule has 0 spiro atoms. The van der Waals surface area contributed by atoms with Gasteiger partial charge in [0.25, 0.3) is 0 Å². The zero-order chi connectivity index (χ0) is 10.9. The van der Waals surface area contributed by atoms with Crippen molar-refractivity contribution in [1.29, 1.82) is 0 Å². The van der Waals surface area contributed by atoms with Crippen LogP contribution in [-0.4, -0.2) is 11.7 Å². The van der Waals surface area contributed by atoms with Gasteiger partial charge >= 0.3 is 0 Å². The van der Waals surface area contributed by atoms with Crippen LogP contribution in [0.1, 0.15) is 32.3 Å². The molecule has 82 valence electrons. The van der Waals surface area contributed by atoms with Crippen LogP contribution >= 0.6 is 0 Å². The third kappa shape index (κ3) is 2.00. The molecule has 1 heterocycles. The number of rotatable bonds is 3. The largest absolute Gasteiger partial charge is 0.508 e. The summed E-state index contributed by atoms with van der Waals surface area (Å²) in [5.74, 6) is 1.03. The fraction of sp³-hybridized carbons (Fsp3) is 0.538. The van der Waals surface area contributed by atoms with Gasteiger partial charge in [-0.25, -0.2) is 0 Å². The molecule has 2 N–H and O–H groups in total. The molecule has 0 saturated carbocycles. The Labute approximate surface area is 91.3 Å². The van der Waals surface area contributed by atoms with Crippen LogP contribution in [0.3, 0.4) is 0 Å². The zero-order valence-corrected chi connectivity index (χ0v) is 9.46. The van der Waals surface area contributed by atoms with Crippen LogP contribution in [0.25, 0.3) is 0 Å². The molecule has 1 aliphatic rings. The highest BCUT2D eigenvalue weighted by molar-refractivity contribution is 5.34. The van der Waals surface area contributed by atoms with Crippen molar-refractivity contribution in [1.82, 2.24) is 5.32 Å². The van der Waals surface area contributed by atoms with Crippen molar-refractivity contribution >= 4 is 0 Å². The second kappa shape index (κ2) is 3.86. The van der Waals surface area contributed by atoms with Crippen LogP contribution in [0, 0.1) is 5.92 Å². The van der Waals surface area contributed by atoms with E-state index in [1.807, 2.05) is 12.1 Å². The third-order valence-corrected chi connectivity index (χ3v) is 3.17. The number of phenols is 1. The van der Waals surface area contributed by atoms with Crippen molar-refractivity contribution in [3.8, 4) is 5.75 Å². The minimum absolute atomic E-state index is 0.118. The Morgan fingerprint density at radius 2 is 2.20 bits per heavy atom. The van der Waals surface area contributed by atoms with Gasteiger partial charge in [0.05, 0.1) is 0 Å². The van der Waals surface area contributed by atoms with Gasteiger partial charge in [0.15, 0.2) is 0 Å². The zero-order valence-electron chi connectivity index (χ0n) is 9.46. The van der Waals surface area contributed by atoms with Crippen molar-refractivity contribution in [3.05, 3.63) is 29.8 Å². The Balaban J connectivity index is 2.26. The first-order chi connectivity index (χ1) is 7.12. The van der Waals surface area contributed by atoms with Crippen LogP contribution in [0.4, 0.5) is 0 Å². The highest BCUT2D eigenvalue weighted by Crippen LogP contribution is 2.38. The summed E-state index contributed by atoms with van der Waals surface area (Å²) in [6, 6.07) is 7.64. The quantitative estimate of drug-likeness (QED) is 0.795. The predicted molar refractivity (Wildman–Crippen MR) is 61.9 cm³/mol. The van der Waals surface area contributed by atoms with Gasteiger partial charge in [-0.1, -0.05) is 26.0 Å². The maximum absolute atomic E-state index is 9.50. The molecule has 1 unspecified atom stereocenters. The Morgan fingerprint density at radius 3 is 2.67 bits per heavy atom. The van der Waals surface area contributed by atoms with Crippen LogP contribution < -0.4 is 5.32 Å². The first kappa shape index (κ1) is 10.5. The first-order valence-electron chi connectivity index (χ1n) is 5.67. The standard InChI is InChI=1S/C13H19NO/c1-10(2)9-13(6-7-14-13)11-4-3-5-12(15)8-11/h3-5,8,10,14-15H,6-7,9H2,1-2H3. The van der Waals surface area contributed by atoms with E-state index in [9.17, 15) is 5.11 Å². The fourth-order valence-electron chi connectivity index (χ4n) is 2.47. The van der Waals surface area contributed by atoms with E-state index >= 15 is 0 Å². The van der Waals surface area contributed by atoms with Gasteiger partial charge in [0.1, 0.15) is 5.75 Å². The van der Waals surface area contributed by atoms with Gasteiger partial charge in [-0.2, -0.15) is 0 Å². The molecule has 15 heavy (non-hydrogen) atoms. The lowest BCUT2D eigenvalue weighted by atomic mass is 9.75. The first-order valence-corrected chi connectivity index (χ1v) is 5.67. The molecule has 1 atom stereocenters. The highest BCUT2D eigenvalue weighted by Gasteiger charge is 2.38. The monoisotopic (exact) mass is 205 g/mol. The molecule has 1 aromatic rings. The predicted octanol–water partition coefficient (Wildman–Crippen LogP) is 2.63. The summed E-state index contributed by atoms with van der Waals surface area (Å²) in [6.07, 6.45) is 2.31. The molecule has 2 rings (SSSR count). The summed E-state index contributed by atoms with van der Waals surface area (Å²) in [5, 5.41) is 13.0. The normalized spacial score (nSPS) is 25.3. The van der Waals surface area contributed by atoms with Gasteiger partial charge in [0.2, 0.25) is 0 Å². The van der Waals surface area contributed by atoms with Crippen LogP contribution in [-0.2, 0) is 5.54 Å². The van der Waals surface area contributed by atoms with Crippen LogP contribution in [0.15, 0.2) is 24.3 Å². The SMILES string of the molecule is CC(C)CC1(c2cccc(O)c2)CCN1. The van der Waals surface area contributed by atoms with E-state index in [2.05, 4.69) is 25.2 Å². The van der Waals surface area contributed by atoms with Crippen molar-refractivity contribution in [2.45, 2.75) is 32.2 Å². The summed E-state index contributed by atoms with van der Waals surface area (Å²) in [5.41, 5.74) is 1.34. The van der Waals surface area contributed by atoms with E-state index < -0.39 is 0 Å². The second-order valence-electron chi connectivity index (χ2n) is 4.91. The lowest BCUT2D eigenvalue weighted by Gasteiger charge is -2.45. The Hall–Kier alpha value is -1.02. The molecular weight excluding hydrogens is 186 g/mol. The average Bonchev–Trinajstić information content (AvgIpc) is 2.11. The minimum Gasteiger partial charge on any atom is -0.508 e. The van der Waals surface area contributed by atoms with Crippen molar-refractivity contribution in [2.24, 2.45) is 5.92 Å². The summed E-state index contributed by atoms with van der Waals surface area (Å²) in [6.45, 7) is 5.57. The molecule has 1 fully saturated rings. The van der Waals surface area contributed by atoms with Gasteiger partial charge in [-0.15, -0.1) is 0 Å².